The number of hydrogen-bond donors (Lipinski definition) is 2. The number of hydrogen-bond acceptors (Lipinski definition) is 1. The van der Waals surface area contributed by atoms with Crippen LogP contribution in [-0.2, 0) is 0 Å². The molecule has 5 heteroatoms. The minimum absolute atomic E-state index is 0. The first-order valence-corrected chi connectivity index (χ1v) is 8.91. The molecule has 0 atom stereocenters. The summed E-state index contributed by atoms with van der Waals surface area (Å²) in [6, 6.07) is 0. The van der Waals surface area contributed by atoms with Gasteiger partial charge >= 0.3 is 37.7 Å². The van der Waals surface area contributed by atoms with Crippen molar-refractivity contribution in [1.82, 2.24) is 0 Å². The molecule has 25 heavy (non-hydrogen) atoms. The van der Waals surface area contributed by atoms with Crippen molar-refractivity contribution >= 4 is 0 Å². The van der Waals surface area contributed by atoms with Gasteiger partial charge in [-0.1, -0.05) is 55.4 Å². The van der Waals surface area contributed by atoms with E-state index >= 15 is 0 Å². The molecule has 0 aromatic rings. The van der Waals surface area contributed by atoms with Gasteiger partial charge in [-0.05, 0) is 10.8 Å². The molecule has 3 nitrogen and oxygen atoms in total. The van der Waals surface area contributed by atoms with Crippen LogP contribution in [-0.4, -0.2) is 46.9 Å². The van der Waals surface area contributed by atoms with Gasteiger partial charge < -0.3 is 21.0 Å². The molecule has 0 saturated carbocycles. The van der Waals surface area contributed by atoms with Crippen molar-refractivity contribution in [3.05, 3.63) is 11.6 Å². The quantitative estimate of drug-likeness (QED) is 0.388. The van der Waals surface area contributed by atoms with E-state index < -0.39 is 5.60 Å². The molecule has 138 valence electrons. The summed E-state index contributed by atoms with van der Waals surface area (Å²) < 4.78 is 0. The maximum absolute atomic E-state index is 13.2. The summed E-state index contributed by atoms with van der Waals surface area (Å²) in [5.74, 6) is 0. The summed E-state index contributed by atoms with van der Waals surface area (Å²) in [6.07, 6.45) is 3.27. The average molecular weight is 340 g/mol. The normalized spacial score (nSPS) is 16.4. The van der Waals surface area contributed by atoms with Crippen LogP contribution < -0.4 is 52.6 Å². The fraction of sp³-hybridized carbons (Fsp3) is 0.900. The number of rotatable bonds is 4. The molecule has 0 saturated heterocycles. The Morgan fingerprint density at radius 2 is 1.04 bits per heavy atom. The van der Waals surface area contributed by atoms with Crippen LogP contribution in [0.1, 0.15) is 55.4 Å². The Labute approximate surface area is 182 Å². The third-order valence-electron chi connectivity index (χ3n) is 4.59. The summed E-state index contributed by atoms with van der Waals surface area (Å²) in [4.78, 5) is 3.07. The Kier molecular flexibility index (Phi) is 12.7. The molecule has 1 aliphatic carbocycles. The van der Waals surface area contributed by atoms with Gasteiger partial charge in [-0.3, -0.25) is 5.57 Å². The van der Waals surface area contributed by atoms with Gasteiger partial charge in [0.2, 0.25) is 0 Å². The van der Waals surface area contributed by atoms with E-state index in [1.54, 1.807) is 0 Å². The second-order valence-corrected chi connectivity index (χ2v) is 10.2. The zero-order valence-corrected chi connectivity index (χ0v) is 19.8. The van der Waals surface area contributed by atoms with E-state index in [2.05, 4.69) is 48.1 Å². The van der Waals surface area contributed by atoms with Crippen LogP contribution in [0.2, 0.25) is 0 Å². The Hall–Kier alpha value is 0.815. The molecule has 1 aliphatic rings. The van der Waals surface area contributed by atoms with Crippen LogP contribution in [0.25, 0.3) is 0 Å². The third-order valence-corrected chi connectivity index (χ3v) is 4.59. The van der Waals surface area contributed by atoms with Crippen molar-refractivity contribution in [3.8, 4) is 0 Å². The predicted molar refractivity (Wildman–Crippen MR) is 97.5 cm³/mol. The van der Waals surface area contributed by atoms with Crippen molar-refractivity contribution in [2.24, 2.45) is 16.2 Å². The Morgan fingerprint density at radius 3 is 1.12 bits per heavy atom. The van der Waals surface area contributed by atoms with Crippen LogP contribution in [0.4, 0.5) is 0 Å². The van der Waals surface area contributed by atoms with E-state index in [0.29, 0.717) is 0 Å². The monoisotopic (exact) mass is 340 g/mol. The summed E-state index contributed by atoms with van der Waals surface area (Å²) in [7, 11) is 8.73. The molecule has 0 radical (unpaired) electrons. The molecule has 0 bridgehead atoms. The maximum atomic E-state index is 13.2. The molecule has 2 N–H and O–H groups in total. The zero-order chi connectivity index (χ0) is 18.9. The van der Waals surface area contributed by atoms with Crippen LogP contribution in [0.3, 0.4) is 0 Å². The maximum Gasteiger partial charge on any atom is 1.00 e. The van der Waals surface area contributed by atoms with Gasteiger partial charge in [0, 0.05) is 0 Å². The number of quaternary nitrogens is 2. The van der Waals surface area contributed by atoms with Gasteiger partial charge in [0.1, 0.15) is 13.1 Å². The Morgan fingerprint density at radius 1 is 0.800 bits per heavy atom. The number of likely N-dealkylation sites (N-methyl/N-ethyl adjacent to an activating group) is 2. The van der Waals surface area contributed by atoms with Crippen molar-refractivity contribution in [2.45, 2.75) is 61.0 Å². The number of allylic oxidation sites excluding steroid dienone is 1. The smallest absolute Gasteiger partial charge is 0.848 e. The van der Waals surface area contributed by atoms with Crippen LogP contribution in [0, 0.1) is 22.3 Å². The van der Waals surface area contributed by atoms with Crippen molar-refractivity contribution in [3.63, 3.8) is 0 Å². The van der Waals surface area contributed by atoms with Gasteiger partial charge in [-0.2, -0.15) is 5.41 Å². The zero-order valence-electron chi connectivity index (χ0n) is 19.8. The van der Waals surface area contributed by atoms with Gasteiger partial charge in [-0.25, -0.2) is 0 Å². The topological polar surface area (TPSA) is 31.9 Å². The van der Waals surface area contributed by atoms with Crippen LogP contribution >= 0.6 is 0 Å². The minimum Gasteiger partial charge on any atom is -0.848 e. The Balaban J connectivity index is -0.000000421. The fourth-order valence-electron chi connectivity index (χ4n) is 3.18. The molecule has 1 rings (SSSR count). The molecule has 0 heterocycles. The molecule has 0 aliphatic heterocycles. The van der Waals surface area contributed by atoms with E-state index in [-0.39, 0.29) is 54.0 Å². The summed E-state index contributed by atoms with van der Waals surface area (Å²) >= 11 is 0. The van der Waals surface area contributed by atoms with E-state index in [1.165, 1.54) is 22.9 Å². The van der Waals surface area contributed by atoms with Crippen molar-refractivity contribution in [1.29, 1.82) is 0 Å². The average Bonchev–Trinajstić information content (AvgIpc) is 2.92. The van der Waals surface area contributed by atoms with Gasteiger partial charge in [-0.15, -0.1) is 5.60 Å². The van der Waals surface area contributed by atoms with Gasteiger partial charge in [0.15, 0.2) is 0 Å². The second-order valence-electron chi connectivity index (χ2n) is 10.2. The molecular formula is C20H42Li2N2O+2. The second kappa shape index (κ2) is 10.4. The number of nitrogens with one attached hydrogen (secondary N) is 2. The standard InChI is InChI=1S/C14H24O.C6H16N2.2Li/c1-11(2,3)14(15,12(4,5)6)10-9-13(10,7)8;1-7(2)5-6-8(3)4;;/h1-8H3;5-6H2,1-4H3;;/q-2;;2*+1/p+2. The Bertz CT molecular complexity index is 394. The van der Waals surface area contributed by atoms with Crippen LogP contribution in [0.15, 0.2) is 5.57 Å². The van der Waals surface area contributed by atoms with Crippen LogP contribution in [0.5, 0.6) is 0 Å². The molecule has 0 amide bonds. The summed E-state index contributed by atoms with van der Waals surface area (Å²) in [5.41, 5.74) is -0.691. The van der Waals surface area contributed by atoms with E-state index in [0.717, 1.165) is 5.57 Å². The molecule has 0 unspecified atom stereocenters. The van der Waals surface area contributed by atoms with E-state index in [1.807, 2.05) is 41.5 Å². The third kappa shape index (κ3) is 8.57. The molecule has 0 spiro atoms. The first kappa shape index (κ1) is 30.5. The predicted octanol–water partition coefficient (Wildman–Crippen LogP) is -5.77. The first-order chi connectivity index (χ1) is 9.97. The summed E-state index contributed by atoms with van der Waals surface area (Å²) in [6.45, 7) is 18.9. The molecule has 0 aromatic heterocycles. The summed E-state index contributed by atoms with van der Waals surface area (Å²) in [5, 5.41) is 13.2. The largest absolute Gasteiger partial charge is 1.00 e. The first-order valence-electron chi connectivity index (χ1n) is 8.91. The molecule has 0 aromatic carbocycles. The van der Waals surface area contributed by atoms with Gasteiger partial charge in [0.25, 0.3) is 0 Å². The van der Waals surface area contributed by atoms with Crippen molar-refractivity contribution < 1.29 is 52.6 Å². The molecular weight excluding hydrogens is 298 g/mol. The SMILES string of the molecule is CC1(C)[C-]=C1C([O-])(C(C)(C)C)C(C)(C)C.C[NH+](C)CC[NH+](C)C.[Li+].[Li+]. The van der Waals surface area contributed by atoms with E-state index in [9.17, 15) is 5.11 Å². The minimum atomic E-state index is -1.02. The molecule has 0 fully saturated rings. The van der Waals surface area contributed by atoms with Crippen molar-refractivity contribution in [2.75, 3.05) is 41.3 Å². The fourth-order valence-corrected chi connectivity index (χ4v) is 3.18. The van der Waals surface area contributed by atoms with E-state index in [4.69, 9.17) is 0 Å². The van der Waals surface area contributed by atoms with Gasteiger partial charge in [0.05, 0.1) is 28.2 Å².